The molecule has 4 bridgehead atoms. The molecule has 0 spiro atoms. The minimum atomic E-state index is -0.616. The summed E-state index contributed by atoms with van der Waals surface area (Å²) in [7, 11) is 0. The standard InChI is InChI=1S/C10H14O3/c11-8-5-1-7-2-6(8)4-10(7,3-5)9(12)13/h5-8,11H,1-4H2,(H,12,13). The van der Waals surface area contributed by atoms with Gasteiger partial charge >= 0.3 is 5.97 Å². The highest BCUT2D eigenvalue weighted by atomic mass is 16.4. The van der Waals surface area contributed by atoms with E-state index >= 15 is 0 Å². The van der Waals surface area contributed by atoms with Crippen molar-refractivity contribution in [3.63, 3.8) is 0 Å². The Hall–Kier alpha value is -0.570. The predicted molar refractivity (Wildman–Crippen MR) is 45.0 cm³/mol. The van der Waals surface area contributed by atoms with E-state index < -0.39 is 11.4 Å². The van der Waals surface area contributed by atoms with Gasteiger partial charge in [-0.25, -0.2) is 0 Å². The van der Waals surface area contributed by atoms with Gasteiger partial charge < -0.3 is 10.2 Å². The van der Waals surface area contributed by atoms with Gasteiger partial charge in [-0.2, -0.15) is 0 Å². The van der Waals surface area contributed by atoms with Gasteiger partial charge in [0, 0.05) is 0 Å². The summed E-state index contributed by atoms with van der Waals surface area (Å²) in [5.74, 6) is 0.319. The maximum absolute atomic E-state index is 11.2. The second kappa shape index (κ2) is 2.08. The fourth-order valence-electron chi connectivity index (χ4n) is 4.05. The van der Waals surface area contributed by atoms with Crippen molar-refractivity contribution >= 4 is 5.97 Å². The van der Waals surface area contributed by atoms with Crippen molar-refractivity contribution in [2.75, 3.05) is 0 Å². The first-order valence-electron chi connectivity index (χ1n) is 5.05. The van der Waals surface area contributed by atoms with E-state index in [-0.39, 0.29) is 17.9 Å². The second-order valence-corrected chi connectivity index (χ2v) is 5.05. The molecule has 0 aromatic carbocycles. The van der Waals surface area contributed by atoms with Crippen LogP contribution in [0.4, 0.5) is 0 Å². The van der Waals surface area contributed by atoms with E-state index in [1.54, 1.807) is 0 Å². The summed E-state index contributed by atoms with van der Waals surface area (Å²) in [6, 6.07) is 0. The number of aliphatic hydroxyl groups is 1. The Labute approximate surface area is 76.8 Å². The number of rotatable bonds is 1. The maximum atomic E-state index is 11.2. The smallest absolute Gasteiger partial charge is 0.309 e. The van der Waals surface area contributed by atoms with Crippen LogP contribution in [0.2, 0.25) is 0 Å². The van der Waals surface area contributed by atoms with Crippen molar-refractivity contribution in [1.82, 2.24) is 0 Å². The van der Waals surface area contributed by atoms with Crippen molar-refractivity contribution in [3.05, 3.63) is 0 Å². The molecule has 0 saturated heterocycles. The first kappa shape index (κ1) is 7.80. The van der Waals surface area contributed by atoms with Crippen molar-refractivity contribution < 1.29 is 15.0 Å². The van der Waals surface area contributed by atoms with Gasteiger partial charge in [0.1, 0.15) is 0 Å². The van der Waals surface area contributed by atoms with Gasteiger partial charge in [0.15, 0.2) is 0 Å². The average Bonchev–Trinajstić information content (AvgIpc) is 2.48. The number of aliphatic carboxylic acids is 1. The van der Waals surface area contributed by atoms with Crippen LogP contribution in [-0.4, -0.2) is 22.3 Å². The number of carboxylic acid groups (broad SMARTS) is 1. The Morgan fingerprint density at radius 1 is 1.23 bits per heavy atom. The molecular formula is C10H14O3. The lowest BCUT2D eigenvalue weighted by Crippen LogP contribution is -2.37. The molecule has 4 rings (SSSR count). The number of hydrogen-bond donors (Lipinski definition) is 2. The molecule has 0 amide bonds. The Balaban J connectivity index is 2.01. The van der Waals surface area contributed by atoms with Crippen molar-refractivity contribution in [2.24, 2.45) is 23.2 Å². The molecule has 4 saturated carbocycles. The van der Waals surface area contributed by atoms with Crippen LogP contribution in [0.25, 0.3) is 0 Å². The molecule has 4 fully saturated rings. The molecule has 2 unspecified atom stereocenters. The quantitative estimate of drug-likeness (QED) is 0.632. The maximum Gasteiger partial charge on any atom is 0.309 e. The Bertz CT molecular complexity index is 257. The van der Waals surface area contributed by atoms with Crippen LogP contribution in [0.3, 0.4) is 0 Å². The van der Waals surface area contributed by atoms with Gasteiger partial charge in [-0.3, -0.25) is 4.79 Å². The third kappa shape index (κ3) is 0.725. The van der Waals surface area contributed by atoms with Crippen LogP contribution in [0.15, 0.2) is 0 Å². The molecule has 13 heavy (non-hydrogen) atoms. The average molecular weight is 182 g/mol. The largest absolute Gasteiger partial charge is 0.481 e. The number of carbonyl (C=O) groups is 1. The molecule has 0 aromatic rings. The van der Waals surface area contributed by atoms with Crippen LogP contribution in [0, 0.1) is 23.2 Å². The Kier molecular flexibility index (Phi) is 1.25. The summed E-state index contributed by atoms with van der Waals surface area (Å²) in [5.41, 5.74) is -0.436. The van der Waals surface area contributed by atoms with Crippen molar-refractivity contribution in [3.8, 4) is 0 Å². The topological polar surface area (TPSA) is 57.5 Å². The van der Waals surface area contributed by atoms with Crippen molar-refractivity contribution in [1.29, 1.82) is 0 Å². The molecule has 4 aliphatic carbocycles. The van der Waals surface area contributed by atoms with Gasteiger partial charge in [-0.05, 0) is 43.4 Å². The third-order valence-corrected chi connectivity index (χ3v) is 4.60. The molecule has 3 nitrogen and oxygen atoms in total. The van der Waals surface area contributed by atoms with Gasteiger partial charge in [-0.1, -0.05) is 0 Å². The zero-order valence-electron chi connectivity index (χ0n) is 7.44. The van der Waals surface area contributed by atoms with E-state index in [1.807, 2.05) is 0 Å². The number of carboxylic acids is 1. The summed E-state index contributed by atoms with van der Waals surface area (Å²) in [5, 5.41) is 19.0. The van der Waals surface area contributed by atoms with Crippen molar-refractivity contribution in [2.45, 2.75) is 31.8 Å². The van der Waals surface area contributed by atoms with Gasteiger partial charge in [0.25, 0.3) is 0 Å². The van der Waals surface area contributed by atoms with E-state index in [9.17, 15) is 15.0 Å². The summed E-state index contributed by atoms with van der Waals surface area (Å²) in [6.07, 6.45) is 3.15. The zero-order valence-corrected chi connectivity index (χ0v) is 7.44. The summed E-state index contributed by atoms with van der Waals surface area (Å²) in [6.45, 7) is 0. The minimum absolute atomic E-state index is 0.203. The first-order chi connectivity index (χ1) is 6.13. The van der Waals surface area contributed by atoms with Crippen LogP contribution in [-0.2, 0) is 4.79 Å². The van der Waals surface area contributed by atoms with E-state index in [0.29, 0.717) is 5.92 Å². The molecule has 0 heterocycles. The predicted octanol–water partition coefficient (Wildman–Crippen LogP) is 0.868. The first-order valence-corrected chi connectivity index (χ1v) is 5.05. The Morgan fingerprint density at radius 2 is 1.77 bits per heavy atom. The fourth-order valence-corrected chi connectivity index (χ4v) is 4.05. The molecule has 2 atom stereocenters. The summed E-state index contributed by atoms with van der Waals surface area (Å²) in [4.78, 5) is 11.2. The second-order valence-electron chi connectivity index (χ2n) is 5.05. The normalized spacial score (nSPS) is 57.3. The van der Waals surface area contributed by atoms with Crippen LogP contribution >= 0.6 is 0 Å². The lowest BCUT2D eigenvalue weighted by Gasteiger charge is -2.33. The molecule has 72 valence electrons. The number of hydrogen-bond acceptors (Lipinski definition) is 2. The van der Waals surface area contributed by atoms with E-state index in [2.05, 4.69) is 0 Å². The highest BCUT2D eigenvalue weighted by Crippen LogP contribution is 2.65. The highest BCUT2D eigenvalue weighted by Gasteiger charge is 2.64. The Morgan fingerprint density at radius 3 is 2.15 bits per heavy atom. The van der Waals surface area contributed by atoms with E-state index in [4.69, 9.17) is 0 Å². The molecule has 0 radical (unpaired) electrons. The molecule has 0 aromatic heterocycles. The summed E-state index contributed by atoms with van der Waals surface area (Å²) < 4.78 is 0. The fraction of sp³-hybridized carbons (Fsp3) is 0.900. The lowest BCUT2D eigenvalue weighted by molar-refractivity contribution is -0.151. The van der Waals surface area contributed by atoms with Crippen LogP contribution in [0.1, 0.15) is 25.7 Å². The highest BCUT2D eigenvalue weighted by molar-refractivity contribution is 5.76. The molecule has 4 aliphatic rings. The molecule has 0 aliphatic heterocycles. The van der Waals surface area contributed by atoms with E-state index in [0.717, 1.165) is 25.7 Å². The SMILES string of the molecule is O=C(O)C12CC3CC1CC(C2)C3O. The molecule has 2 N–H and O–H groups in total. The minimum Gasteiger partial charge on any atom is -0.481 e. The summed E-state index contributed by atoms with van der Waals surface area (Å²) >= 11 is 0. The van der Waals surface area contributed by atoms with Gasteiger partial charge in [0.05, 0.1) is 11.5 Å². The number of aliphatic hydroxyl groups excluding tert-OH is 1. The van der Waals surface area contributed by atoms with Crippen LogP contribution < -0.4 is 0 Å². The zero-order chi connectivity index (χ0) is 9.22. The van der Waals surface area contributed by atoms with E-state index in [1.165, 1.54) is 0 Å². The molecule has 3 heteroatoms. The monoisotopic (exact) mass is 182 g/mol. The van der Waals surface area contributed by atoms with Gasteiger partial charge in [-0.15, -0.1) is 0 Å². The van der Waals surface area contributed by atoms with Crippen LogP contribution in [0.5, 0.6) is 0 Å². The molecular weight excluding hydrogens is 168 g/mol. The lowest BCUT2D eigenvalue weighted by atomic mass is 9.74. The van der Waals surface area contributed by atoms with Gasteiger partial charge in [0.2, 0.25) is 0 Å². The third-order valence-electron chi connectivity index (χ3n) is 4.60.